The fourth-order valence-electron chi connectivity index (χ4n) is 3.07. The Bertz CT molecular complexity index is 1220. The molecule has 1 heterocycles. The summed E-state index contributed by atoms with van der Waals surface area (Å²) in [4.78, 5) is 17.9. The number of para-hydroxylation sites is 2. The van der Waals surface area contributed by atoms with Crippen LogP contribution in [-0.2, 0) is 0 Å². The Morgan fingerprint density at radius 2 is 1.70 bits per heavy atom. The Labute approximate surface area is 162 Å². The molecular weight excluding hydrogens is 356 g/mol. The molecule has 0 aliphatic carbocycles. The number of rotatable bonds is 3. The van der Waals surface area contributed by atoms with E-state index in [-0.39, 0.29) is 5.56 Å². The summed E-state index contributed by atoms with van der Waals surface area (Å²) >= 11 is 6.38. The Balaban J connectivity index is 1.97. The van der Waals surface area contributed by atoms with Gasteiger partial charge < -0.3 is 0 Å². The van der Waals surface area contributed by atoms with E-state index in [1.165, 1.54) is 5.56 Å². The predicted octanol–water partition coefficient (Wildman–Crippen LogP) is 5.52. The fraction of sp³-hybridized carbons (Fsp3) is 0.0435. The van der Waals surface area contributed by atoms with Crippen molar-refractivity contribution in [2.75, 3.05) is 0 Å². The van der Waals surface area contributed by atoms with Gasteiger partial charge in [-0.15, -0.1) is 0 Å². The molecule has 132 valence electrons. The molecular formula is C23H17ClN2O. The summed E-state index contributed by atoms with van der Waals surface area (Å²) in [6.45, 7) is 2.05. The van der Waals surface area contributed by atoms with E-state index in [9.17, 15) is 4.79 Å². The molecule has 27 heavy (non-hydrogen) atoms. The first-order valence-corrected chi connectivity index (χ1v) is 9.03. The number of hydrogen-bond acceptors (Lipinski definition) is 2. The van der Waals surface area contributed by atoms with Gasteiger partial charge in [-0.2, -0.15) is 0 Å². The van der Waals surface area contributed by atoms with Crippen LogP contribution in [0.15, 0.2) is 77.6 Å². The first-order valence-electron chi connectivity index (χ1n) is 8.65. The number of fused-ring (bicyclic) bond motifs is 1. The molecule has 4 heteroatoms. The van der Waals surface area contributed by atoms with Gasteiger partial charge in [0, 0.05) is 0 Å². The monoisotopic (exact) mass is 372 g/mol. The maximum absolute atomic E-state index is 13.2. The summed E-state index contributed by atoms with van der Waals surface area (Å²) in [7, 11) is 0. The van der Waals surface area contributed by atoms with E-state index in [0.717, 1.165) is 5.56 Å². The predicted molar refractivity (Wildman–Crippen MR) is 112 cm³/mol. The number of aromatic nitrogens is 2. The summed E-state index contributed by atoms with van der Waals surface area (Å²) in [5.41, 5.74) is 3.36. The molecule has 0 atom stereocenters. The smallest absolute Gasteiger partial charge is 0.266 e. The van der Waals surface area contributed by atoms with Gasteiger partial charge in [-0.25, -0.2) is 4.98 Å². The molecule has 4 aromatic rings. The van der Waals surface area contributed by atoms with Crippen LogP contribution >= 0.6 is 11.6 Å². The molecule has 0 aliphatic heterocycles. The Morgan fingerprint density at radius 3 is 2.52 bits per heavy atom. The lowest BCUT2D eigenvalue weighted by Gasteiger charge is -2.12. The van der Waals surface area contributed by atoms with E-state index in [2.05, 4.69) is 6.07 Å². The lowest BCUT2D eigenvalue weighted by atomic mass is 10.1. The quantitative estimate of drug-likeness (QED) is 0.474. The van der Waals surface area contributed by atoms with E-state index in [4.69, 9.17) is 16.6 Å². The number of halogens is 1. The molecule has 0 radical (unpaired) electrons. The largest absolute Gasteiger partial charge is 0.268 e. The van der Waals surface area contributed by atoms with Crippen LogP contribution < -0.4 is 5.56 Å². The minimum absolute atomic E-state index is 0.141. The second-order valence-corrected chi connectivity index (χ2v) is 6.73. The van der Waals surface area contributed by atoms with E-state index >= 15 is 0 Å². The average molecular weight is 373 g/mol. The number of hydrogen-bond donors (Lipinski definition) is 0. The average Bonchev–Trinajstić information content (AvgIpc) is 2.68. The van der Waals surface area contributed by atoms with Crippen molar-refractivity contribution in [2.45, 2.75) is 6.92 Å². The number of benzene rings is 3. The Kier molecular flexibility index (Phi) is 4.61. The van der Waals surface area contributed by atoms with Gasteiger partial charge in [0.05, 0.1) is 21.6 Å². The third-order valence-corrected chi connectivity index (χ3v) is 4.68. The Morgan fingerprint density at radius 1 is 0.926 bits per heavy atom. The second kappa shape index (κ2) is 7.22. The van der Waals surface area contributed by atoms with Crippen LogP contribution in [0.25, 0.3) is 28.7 Å². The summed E-state index contributed by atoms with van der Waals surface area (Å²) < 4.78 is 1.57. The molecule has 0 N–H and O–H groups in total. The molecule has 3 nitrogen and oxygen atoms in total. The van der Waals surface area contributed by atoms with Crippen LogP contribution in [0.4, 0.5) is 0 Å². The van der Waals surface area contributed by atoms with Crippen LogP contribution in [0.2, 0.25) is 5.02 Å². The second-order valence-electron chi connectivity index (χ2n) is 6.33. The zero-order valence-corrected chi connectivity index (χ0v) is 15.5. The van der Waals surface area contributed by atoms with E-state index in [1.54, 1.807) is 16.7 Å². The lowest BCUT2D eigenvalue weighted by molar-refractivity contribution is 0.944. The topological polar surface area (TPSA) is 34.9 Å². The highest BCUT2D eigenvalue weighted by molar-refractivity contribution is 6.32. The van der Waals surface area contributed by atoms with Crippen molar-refractivity contribution in [3.8, 4) is 5.69 Å². The standard InChI is InChI=1S/C23H17ClN2O/c1-16-7-6-8-17(15-16)13-14-22-25-20-11-4-2-9-18(20)23(27)26(22)21-12-5-3-10-19(21)24/h2-15H,1H3. The van der Waals surface area contributed by atoms with Crippen LogP contribution in [-0.4, -0.2) is 9.55 Å². The highest BCUT2D eigenvalue weighted by Gasteiger charge is 2.13. The van der Waals surface area contributed by atoms with Gasteiger partial charge in [0.2, 0.25) is 0 Å². The van der Waals surface area contributed by atoms with Crippen molar-refractivity contribution in [3.05, 3.63) is 105 Å². The molecule has 0 aliphatic rings. The molecule has 0 saturated heterocycles. The lowest BCUT2D eigenvalue weighted by Crippen LogP contribution is -2.22. The third kappa shape index (κ3) is 3.42. The maximum atomic E-state index is 13.2. The highest BCUT2D eigenvalue weighted by Crippen LogP contribution is 2.22. The molecule has 0 unspecified atom stereocenters. The van der Waals surface area contributed by atoms with E-state index in [0.29, 0.717) is 27.4 Å². The van der Waals surface area contributed by atoms with Crippen molar-refractivity contribution >= 4 is 34.7 Å². The van der Waals surface area contributed by atoms with Gasteiger partial charge in [0.1, 0.15) is 5.82 Å². The number of nitrogens with zero attached hydrogens (tertiary/aromatic N) is 2. The first-order chi connectivity index (χ1) is 13.1. The fourth-order valence-corrected chi connectivity index (χ4v) is 3.29. The van der Waals surface area contributed by atoms with E-state index in [1.807, 2.05) is 73.7 Å². The van der Waals surface area contributed by atoms with Crippen LogP contribution in [0.1, 0.15) is 17.0 Å². The van der Waals surface area contributed by atoms with Crippen molar-refractivity contribution in [3.63, 3.8) is 0 Å². The molecule has 0 bridgehead atoms. The third-order valence-electron chi connectivity index (χ3n) is 4.36. The van der Waals surface area contributed by atoms with Gasteiger partial charge in [0.25, 0.3) is 5.56 Å². The van der Waals surface area contributed by atoms with Crippen molar-refractivity contribution in [1.29, 1.82) is 0 Å². The summed E-state index contributed by atoms with van der Waals surface area (Å²) in [5, 5.41) is 1.06. The summed E-state index contributed by atoms with van der Waals surface area (Å²) in [6.07, 6.45) is 3.81. The molecule has 3 aromatic carbocycles. The van der Waals surface area contributed by atoms with Gasteiger partial charge in [-0.05, 0) is 42.8 Å². The minimum Gasteiger partial charge on any atom is -0.268 e. The maximum Gasteiger partial charge on any atom is 0.266 e. The van der Waals surface area contributed by atoms with Crippen LogP contribution in [0.5, 0.6) is 0 Å². The van der Waals surface area contributed by atoms with Crippen molar-refractivity contribution in [1.82, 2.24) is 9.55 Å². The molecule has 0 fully saturated rings. The summed E-state index contributed by atoms with van der Waals surface area (Å²) in [6, 6.07) is 22.8. The summed E-state index contributed by atoms with van der Waals surface area (Å²) in [5.74, 6) is 0.535. The molecule has 0 spiro atoms. The zero-order chi connectivity index (χ0) is 18.8. The SMILES string of the molecule is Cc1cccc(C=Cc2nc3ccccc3c(=O)n2-c2ccccc2Cl)c1. The van der Waals surface area contributed by atoms with E-state index < -0.39 is 0 Å². The Hall–Kier alpha value is -3.17. The van der Waals surface area contributed by atoms with Crippen LogP contribution in [0, 0.1) is 6.92 Å². The van der Waals surface area contributed by atoms with Crippen molar-refractivity contribution in [2.24, 2.45) is 0 Å². The molecule has 0 saturated carbocycles. The van der Waals surface area contributed by atoms with Gasteiger partial charge in [0.15, 0.2) is 0 Å². The minimum atomic E-state index is -0.141. The first kappa shape index (κ1) is 17.3. The van der Waals surface area contributed by atoms with Gasteiger partial charge in [-0.3, -0.25) is 9.36 Å². The molecule has 0 amide bonds. The highest BCUT2D eigenvalue weighted by atomic mass is 35.5. The molecule has 4 rings (SSSR count). The van der Waals surface area contributed by atoms with Gasteiger partial charge in [-0.1, -0.05) is 71.8 Å². The van der Waals surface area contributed by atoms with Crippen molar-refractivity contribution < 1.29 is 0 Å². The normalized spacial score (nSPS) is 11.3. The van der Waals surface area contributed by atoms with Gasteiger partial charge >= 0.3 is 0 Å². The molecule has 1 aromatic heterocycles. The zero-order valence-electron chi connectivity index (χ0n) is 14.8. The van der Waals surface area contributed by atoms with Crippen LogP contribution in [0.3, 0.4) is 0 Å². The number of aryl methyl sites for hydroxylation is 1.